The highest BCUT2D eigenvalue weighted by Crippen LogP contribution is 2.00. The molecule has 1 aromatic rings. The zero-order chi connectivity index (χ0) is 10.4. The van der Waals surface area contributed by atoms with Gasteiger partial charge in [-0.15, -0.1) is 11.3 Å². The Balaban J connectivity index is 2.06. The summed E-state index contributed by atoms with van der Waals surface area (Å²) in [6.45, 7) is 1.11. The lowest BCUT2D eigenvalue weighted by Gasteiger charge is -2.01. The summed E-state index contributed by atoms with van der Waals surface area (Å²) in [7, 11) is -3.33. The summed E-state index contributed by atoms with van der Waals surface area (Å²) < 4.78 is 21.1. The van der Waals surface area contributed by atoms with E-state index in [0.29, 0.717) is 6.54 Å². The van der Waals surface area contributed by atoms with E-state index < -0.39 is 10.0 Å². The van der Waals surface area contributed by atoms with E-state index in [9.17, 15) is 8.42 Å². The largest absolute Gasteiger partial charge is 0.315 e. The number of thiazole rings is 1. The molecule has 0 amide bonds. The zero-order valence-electron chi connectivity index (χ0n) is 7.64. The number of sulfonamides is 1. The summed E-state index contributed by atoms with van der Waals surface area (Å²) in [4.78, 5) is 4.10. The molecule has 5 nitrogen and oxygen atoms in total. The van der Waals surface area contributed by atoms with Gasteiger partial charge in [0.15, 0.2) is 0 Å². The van der Waals surface area contributed by atoms with E-state index in [2.05, 4.69) is 10.3 Å². The summed E-state index contributed by atoms with van der Waals surface area (Å²) in [5.41, 5.74) is 2.80. The van der Waals surface area contributed by atoms with Gasteiger partial charge >= 0.3 is 0 Å². The summed E-state index contributed by atoms with van der Waals surface area (Å²) >= 11 is 1.55. The molecule has 7 heteroatoms. The maximum atomic E-state index is 10.6. The van der Waals surface area contributed by atoms with Crippen molar-refractivity contribution in [3.63, 3.8) is 0 Å². The SMILES string of the molecule is NS(=O)(=O)CCNCCc1cscn1. The molecule has 0 bridgehead atoms. The number of hydrogen-bond acceptors (Lipinski definition) is 5. The number of primary sulfonamides is 1. The molecule has 0 aliphatic carbocycles. The third-order valence-electron chi connectivity index (χ3n) is 1.60. The number of nitrogens with one attached hydrogen (secondary N) is 1. The van der Waals surface area contributed by atoms with Crippen LogP contribution in [0.1, 0.15) is 5.69 Å². The van der Waals surface area contributed by atoms with Crippen LogP contribution in [0.3, 0.4) is 0 Å². The molecule has 3 N–H and O–H groups in total. The van der Waals surface area contributed by atoms with Crippen molar-refractivity contribution >= 4 is 21.4 Å². The monoisotopic (exact) mass is 235 g/mol. The van der Waals surface area contributed by atoms with Crippen molar-refractivity contribution in [2.24, 2.45) is 5.14 Å². The van der Waals surface area contributed by atoms with Gasteiger partial charge in [-0.1, -0.05) is 0 Å². The molecular formula is C7H13N3O2S2. The third kappa shape index (κ3) is 5.28. The van der Waals surface area contributed by atoms with E-state index in [1.165, 1.54) is 0 Å². The first-order valence-corrected chi connectivity index (χ1v) is 6.82. The molecule has 1 rings (SSSR count). The van der Waals surface area contributed by atoms with Crippen molar-refractivity contribution in [2.75, 3.05) is 18.8 Å². The Kier molecular flexibility index (Phi) is 4.46. The smallest absolute Gasteiger partial charge is 0.210 e. The second-order valence-corrected chi connectivity index (χ2v) is 5.30. The molecule has 0 aliphatic heterocycles. The van der Waals surface area contributed by atoms with Gasteiger partial charge in [0.1, 0.15) is 0 Å². The molecule has 1 heterocycles. The van der Waals surface area contributed by atoms with Crippen molar-refractivity contribution in [2.45, 2.75) is 6.42 Å². The molecule has 1 aromatic heterocycles. The summed E-state index contributed by atoms with van der Waals surface area (Å²) in [5.74, 6) is -0.0237. The molecule has 0 radical (unpaired) electrons. The molecule has 0 unspecified atom stereocenters. The molecule has 0 atom stereocenters. The second-order valence-electron chi connectivity index (χ2n) is 2.85. The van der Waals surface area contributed by atoms with Crippen LogP contribution in [0.5, 0.6) is 0 Å². The Labute approximate surface area is 87.4 Å². The Morgan fingerprint density at radius 3 is 2.86 bits per heavy atom. The highest BCUT2D eigenvalue weighted by Gasteiger charge is 2.01. The van der Waals surface area contributed by atoms with Gasteiger partial charge in [0.2, 0.25) is 10.0 Å². The molecule has 0 fully saturated rings. The number of hydrogen-bond donors (Lipinski definition) is 2. The predicted octanol–water partition coefficient (Wildman–Crippen LogP) is -0.436. The van der Waals surface area contributed by atoms with Crippen molar-refractivity contribution in [1.82, 2.24) is 10.3 Å². The molecule has 14 heavy (non-hydrogen) atoms. The fraction of sp³-hybridized carbons (Fsp3) is 0.571. The van der Waals surface area contributed by atoms with Gasteiger partial charge in [0, 0.05) is 24.9 Å². The fourth-order valence-corrected chi connectivity index (χ4v) is 1.94. The average Bonchev–Trinajstić information content (AvgIpc) is 2.54. The van der Waals surface area contributed by atoms with Gasteiger partial charge in [0.05, 0.1) is 17.0 Å². The minimum absolute atomic E-state index is 0.0237. The van der Waals surface area contributed by atoms with Crippen LogP contribution >= 0.6 is 11.3 Å². The van der Waals surface area contributed by atoms with E-state index >= 15 is 0 Å². The Bertz CT molecular complexity index is 347. The number of rotatable bonds is 6. The summed E-state index contributed by atoms with van der Waals surface area (Å²) in [6, 6.07) is 0. The first-order chi connectivity index (χ1) is 6.58. The van der Waals surface area contributed by atoms with Gasteiger partial charge < -0.3 is 5.32 Å². The highest BCUT2D eigenvalue weighted by atomic mass is 32.2. The van der Waals surface area contributed by atoms with Gasteiger partial charge in [-0.05, 0) is 0 Å². The summed E-state index contributed by atoms with van der Waals surface area (Å²) in [5, 5.41) is 9.79. The van der Waals surface area contributed by atoms with Gasteiger partial charge in [-0.25, -0.2) is 18.5 Å². The van der Waals surface area contributed by atoms with Gasteiger partial charge in [-0.2, -0.15) is 0 Å². The van der Waals surface area contributed by atoms with Crippen LogP contribution in [0.2, 0.25) is 0 Å². The lowest BCUT2D eigenvalue weighted by Crippen LogP contribution is -2.28. The van der Waals surface area contributed by atoms with E-state index in [4.69, 9.17) is 5.14 Å². The lowest BCUT2D eigenvalue weighted by molar-refractivity contribution is 0.592. The molecule has 0 spiro atoms. The van der Waals surface area contributed by atoms with Crippen molar-refractivity contribution < 1.29 is 8.42 Å². The van der Waals surface area contributed by atoms with Crippen molar-refractivity contribution in [3.8, 4) is 0 Å². The van der Waals surface area contributed by atoms with Crippen molar-refractivity contribution in [3.05, 3.63) is 16.6 Å². The Hall–Kier alpha value is -0.500. The van der Waals surface area contributed by atoms with Crippen LogP contribution in [0.15, 0.2) is 10.9 Å². The Morgan fingerprint density at radius 2 is 2.29 bits per heavy atom. The van der Waals surface area contributed by atoms with Crippen LogP contribution < -0.4 is 10.5 Å². The summed E-state index contributed by atoms with van der Waals surface area (Å²) in [6.07, 6.45) is 0.814. The van der Waals surface area contributed by atoms with E-state index in [-0.39, 0.29) is 5.75 Å². The number of nitrogens with two attached hydrogens (primary N) is 1. The van der Waals surface area contributed by atoms with Crippen LogP contribution in [0.25, 0.3) is 0 Å². The fourth-order valence-electron chi connectivity index (χ4n) is 0.917. The van der Waals surface area contributed by atoms with Crippen molar-refractivity contribution in [1.29, 1.82) is 0 Å². The van der Waals surface area contributed by atoms with Crippen LogP contribution in [-0.4, -0.2) is 32.2 Å². The minimum Gasteiger partial charge on any atom is -0.315 e. The molecule has 80 valence electrons. The molecule has 0 aromatic carbocycles. The van der Waals surface area contributed by atoms with E-state index in [1.807, 2.05) is 5.38 Å². The van der Waals surface area contributed by atoms with Crippen LogP contribution in [-0.2, 0) is 16.4 Å². The second kappa shape index (κ2) is 5.40. The molecule has 0 saturated heterocycles. The molecular weight excluding hydrogens is 222 g/mol. The van der Waals surface area contributed by atoms with E-state index in [1.54, 1.807) is 16.8 Å². The molecule has 0 saturated carbocycles. The first kappa shape index (κ1) is 11.6. The quantitative estimate of drug-likeness (QED) is 0.655. The van der Waals surface area contributed by atoms with Gasteiger partial charge in [0.25, 0.3) is 0 Å². The minimum atomic E-state index is -3.33. The third-order valence-corrected chi connectivity index (χ3v) is 3.01. The average molecular weight is 235 g/mol. The number of aromatic nitrogens is 1. The normalized spacial score (nSPS) is 11.8. The first-order valence-electron chi connectivity index (χ1n) is 4.16. The maximum Gasteiger partial charge on any atom is 0.210 e. The Morgan fingerprint density at radius 1 is 1.50 bits per heavy atom. The molecule has 0 aliphatic rings. The zero-order valence-corrected chi connectivity index (χ0v) is 9.27. The topological polar surface area (TPSA) is 85.1 Å². The highest BCUT2D eigenvalue weighted by molar-refractivity contribution is 7.89. The van der Waals surface area contributed by atoms with E-state index in [0.717, 1.165) is 18.7 Å². The van der Waals surface area contributed by atoms with Crippen LogP contribution in [0.4, 0.5) is 0 Å². The maximum absolute atomic E-state index is 10.6. The van der Waals surface area contributed by atoms with Crippen LogP contribution in [0, 0.1) is 0 Å². The predicted molar refractivity (Wildman–Crippen MR) is 56.7 cm³/mol. The lowest BCUT2D eigenvalue weighted by atomic mass is 10.3. The van der Waals surface area contributed by atoms with Gasteiger partial charge in [-0.3, -0.25) is 0 Å². The number of nitrogens with zero attached hydrogens (tertiary/aromatic N) is 1. The standard InChI is InChI=1S/C7H13N3O2S2/c8-14(11,12)4-3-9-2-1-7-5-13-6-10-7/h5-6,9H,1-4H2,(H2,8,11,12).